The average molecular weight is 220 g/mol. The third kappa shape index (κ3) is 2.64. The summed E-state index contributed by atoms with van der Waals surface area (Å²) in [5.41, 5.74) is 1.96. The number of nitrogens with one attached hydrogen (secondary N) is 1. The maximum Gasteiger partial charge on any atom is 0.213 e. The average Bonchev–Trinajstić information content (AvgIpc) is 2.78. The minimum atomic E-state index is 0.813. The summed E-state index contributed by atoms with van der Waals surface area (Å²) < 4.78 is 0. The van der Waals surface area contributed by atoms with Gasteiger partial charge in [0.2, 0.25) is 6.41 Å². The van der Waals surface area contributed by atoms with Gasteiger partial charge in [-0.3, -0.25) is 9.69 Å². The van der Waals surface area contributed by atoms with Crippen molar-refractivity contribution in [3.63, 3.8) is 0 Å². The summed E-state index contributed by atoms with van der Waals surface area (Å²) in [5, 5.41) is 0. The molecule has 0 spiro atoms. The first kappa shape index (κ1) is 11.2. The highest BCUT2D eigenvalue weighted by molar-refractivity contribution is 5.74. The molecule has 0 bridgehead atoms. The van der Waals surface area contributed by atoms with E-state index in [-0.39, 0.29) is 0 Å². The van der Waals surface area contributed by atoms with Gasteiger partial charge in [0.25, 0.3) is 0 Å². The lowest BCUT2D eigenvalue weighted by Gasteiger charge is -2.25. The monoisotopic (exact) mass is 220 g/mol. The molecule has 1 radical (unpaired) electrons. The number of likely N-dealkylation sites (tertiary alicyclic amines) is 1. The quantitative estimate of drug-likeness (QED) is 0.783. The molecule has 0 aromatic carbocycles. The first-order valence-corrected chi connectivity index (χ1v) is 5.75. The van der Waals surface area contributed by atoms with Crippen LogP contribution in [0.1, 0.15) is 25.0 Å². The fourth-order valence-corrected chi connectivity index (χ4v) is 1.98. The van der Waals surface area contributed by atoms with Gasteiger partial charge in [-0.05, 0) is 32.0 Å². The molecule has 0 unspecified atom stereocenters. The summed E-state index contributed by atoms with van der Waals surface area (Å²) in [6.07, 6.45) is 6.56. The van der Waals surface area contributed by atoms with E-state index in [2.05, 4.69) is 16.4 Å². The Morgan fingerprint density at radius 1 is 1.38 bits per heavy atom. The van der Waals surface area contributed by atoms with Gasteiger partial charge >= 0.3 is 0 Å². The molecule has 2 heterocycles. The molecule has 1 saturated heterocycles. The molecule has 1 aliphatic rings. The number of anilines is 1. The Balaban J connectivity index is 1.93. The van der Waals surface area contributed by atoms with E-state index in [0.717, 1.165) is 30.9 Å². The second kappa shape index (κ2) is 5.16. The molecule has 1 fully saturated rings. The van der Waals surface area contributed by atoms with Crippen molar-refractivity contribution in [2.45, 2.75) is 19.3 Å². The number of hydrogen-bond acceptors (Lipinski definition) is 2. The van der Waals surface area contributed by atoms with Gasteiger partial charge in [0.1, 0.15) is 0 Å². The molecule has 87 valence electrons. The van der Waals surface area contributed by atoms with Crippen LogP contribution in [0.5, 0.6) is 0 Å². The highest BCUT2D eigenvalue weighted by Gasteiger charge is 2.12. The van der Waals surface area contributed by atoms with Crippen LogP contribution in [0.4, 0.5) is 5.69 Å². The van der Waals surface area contributed by atoms with Gasteiger partial charge in [-0.15, -0.1) is 0 Å². The van der Waals surface area contributed by atoms with Gasteiger partial charge in [0.15, 0.2) is 0 Å². The highest BCUT2D eigenvalue weighted by Crippen LogP contribution is 2.18. The van der Waals surface area contributed by atoms with Crippen LogP contribution >= 0.6 is 0 Å². The minimum Gasteiger partial charge on any atom is -0.362 e. The van der Waals surface area contributed by atoms with Gasteiger partial charge in [0, 0.05) is 18.9 Å². The Bertz CT molecular complexity index is 342. The van der Waals surface area contributed by atoms with E-state index >= 15 is 0 Å². The van der Waals surface area contributed by atoms with Crippen molar-refractivity contribution in [3.05, 3.63) is 24.5 Å². The summed E-state index contributed by atoms with van der Waals surface area (Å²) in [5.74, 6) is 0. The number of piperidine rings is 1. The van der Waals surface area contributed by atoms with Crippen LogP contribution in [0.15, 0.2) is 12.3 Å². The lowest BCUT2D eigenvalue weighted by molar-refractivity contribution is -0.107. The third-order valence-corrected chi connectivity index (χ3v) is 2.97. The van der Waals surface area contributed by atoms with Crippen LogP contribution in [-0.4, -0.2) is 36.4 Å². The zero-order chi connectivity index (χ0) is 11.4. The molecule has 0 atom stereocenters. The summed E-state index contributed by atoms with van der Waals surface area (Å²) >= 11 is 0. The molecule has 16 heavy (non-hydrogen) atoms. The van der Waals surface area contributed by atoms with Crippen molar-refractivity contribution in [2.24, 2.45) is 0 Å². The lowest BCUT2D eigenvalue weighted by atomic mass is 10.1. The lowest BCUT2D eigenvalue weighted by Crippen LogP contribution is -2.27. The molecule has 4 heteroatoms. The van der Waals surface area contributed by atoms with Gasteiger partial charge in [-0.25, -0.2) is 0 Å². The summed E-state index contributed by atoms with van der Waals surface area (Å²) in [6, 6.07) is 1.99. The van der Waals surface area contributed by atoms with Crippen LogP contribution < -0.4 is 4.90 Å². The smallest absolute Gasteiger partial charge is 0.213 e. The first-order valence-electron chi connectivity index (χ1n) is 5.75. The molecule has 1 amide bonds. The molecular weight excluding hydrogens is 202 g/mol. The second-order valence-corrected chi connectivity index (χ2v) is 4.26. The van der Waals surface area contributed by atoms with E-state index in [9.17, 15) is 4.79 Å². The Hall–Kier alpha value is -1.29. The van der Waals surface area contributed by atoms with E-state index < -0.39 is 0 Å². The molecular formula is C12H18N3O. The normalized spacial score (nSPS) is 17.3. The van der Waals surface area contributed by atoms with Gasteiger partial charge < -0.3 is 9.88 Å². The number of nitrogens with zero attached hydrogens (tertiary/aromatic N) is 2. The van der Waals surface area contributed by atoms with E-state index in [0.29, 0.717) is 0 Å². The molecule has 0 aliphatic carbocycles. The predicted octanol–water partition coefficient (Wildman–Crippen LogP) is 1.60. The van der Waals surface area contributed by atoms with E-state index in [1.807, 2.05) is 12.3 Å². The van der Waals surface area contributed by atoms with E-state index in [4.69, 9.17) is 0 Å². The number of amides is 1. The Kier molecular flexibility index (Phi) is 3.62. The SMILES string of the molecule is CN(C=O)c1c[nH]c([CH]N2CCCCC2)c1. The fourth-order valence-electron chi connectivity index (χ4n) is 1.98. The van der Waals surface area contributed by atoms with Gasteiger partial charge in [-0.2, -0.15) is 0 Å². The molecule has 0 saturated carbocycles. The molecule has 1 N–H and O–H groups in total. The van der Waals surface area contributed by atoms with Crippen molar-refractivity contribution in [1.29, 1.82) is 0 Å². The Morgan fingerprint density at radius 3 is 2.81 bits per heavy atom. The number of hydrogen-bond donors (Lipinski definition) is 1. The van der Waals surface area contributed by atoms with Crippen LogP contribution in [-0.2, 0) is 4.79 Å². The molecule has 1 aromatic heterocycles. The second-order valence-electron chi connectivity index (χ2n) is 4.26. The highest BCUT2D eigenvalue weighted by atomic mass is 16.1. The van der Waals surface area contributed by atoms with Crippen LogP contribution in [0.25, 0.3) is 0 Å². The van der Waals surface area contributed by atoms with Crippen LogP contribution in [0, 0.1) is 6.54 Å². The topological polar surface area (TPSA) is 39.3 Å². The number of rotatable bonds is 4. The summed E-state index contributed by atoms with van der Waals surface area (Å²) in [6.45, 7) is 4.41. The summed E-state index contributed by atoms with van der Waals surface area (Å²) in [7, 11) is 1.75. The number of carbonyl (C=O) groups is 1. The number of H-pyrrole nitrogens is 1. The van der Waals surface area contributed by atoms with Gasteiger partial charge in [-0.1, -0.05) is 6.42 Å². The molecule has 2 rings (SSSR count). The van der Waals surface area contributed by atoms with E-state index in [1.54, 1.807) is 11.9 Å². The van der Waals surface area contributed by atoms with E-state index in [1.165, 1.54) is 19.3 Å². The van der Waals surface area contributed by atoms with Gasteiger partial charge in [0.05, 0.1) is 12.2 Å². The van der Waals surface area contributed by atoms with Crippen molar-refractivity contribution in [2.75, 3.05) is 25.0 Å². The van der Waals surface area contributed by atoms with Crippen LogP contribution in [0.3, 0.4) is 0 Å². The Labute approximate surface area is 96.2 Å². The fraction of sp³-hybridized carbons (Fsp3) is 0.500. The number of aromatic amines is 1. The third-order valence-electron chi connectivity index (χ3n) is 2.97. The molecule has 4 nitrogen and oxygen atoms in total. The molecule has 1 aliphatic heterocycles. The Morgan fingerprint density at radius 2 is 2.12 bits per heavy atom. The molecule has 1 aromatic rings. The number of carbonyl (C=O) groups excluding carboxylic acids is 1. The standard InChI is InChI=1S/C12H18N3O/c1-14(10-16)12-7-11(13-8-12)9-15-5-3-2-4-6-15/h7-10,13H,2-6H2,1H3. The maximum atomic E-state index is 10.6. The van der Waals surface area contributed by atoms with Crippen LogP contribution in [0.2, 0.25) is 0 Å². The van der Waals surface area contributed by atoms with Crippen molar-refractivity contribution < 1.29 is 4.79 Å². The van der Waals surface area contributed by atoms with Crippen molar-refractivity contribution in [3.8, 4) is 0 Å². The minimum absolute atomic E-state index is 0.813. The first-order chi connectivity index (χ1) is 7.79. The number of aromatic nitrogens is 1. The zero-order valence-corrected chi connectivity index (χ0v) is 9.65. The maximum absolute atomic E-state index is 10.6. The zero-order valence-electron chi connectivity index (χ0n) is 9.65. The van der Waals surface area contributed by atoms with Crippen molar-refractivity contribution in [1.82, 2.24) is 9.88 Å². The largest absolute Gasteiger partial charge is 0.362 e. The predicted molar refractivity (Wildman–Crippen MR) is 64.1 cm³/mol. The van der Waals surface area contributed by atoms with Crippen molar-refractivity contribution >= 4 is 12.1 Å². The summed E-state index contributed by atoms with van der Waals surface area (Å²) in [4.78, 5) is 17.7.